The summed E-state index contributed by atoms with van der Waals surface area (Å²) in [7, 11) is 0. The van der Waals surface area contributed by atoms with Gasteiger partial charge < -0.3 is 5.32 Å². The quantitative estimate of drug-likeness (QED) is 0.550. The molecule has 0 spiro atoms. The molecule has 7 heteroatoms. The molecule has 1 aromatic heterocycles. The van der Waals surface area contributed by atoms with E-state index in [4.69, 9.17) is 23.2 Å². The zero-order valence-corrected chi connectivity index (χ0v) is 15.7. The van der Waals surface area contributed by atoms with Crippen LogP contribution >= 0.6 is 34.5 Å². The fourth-order valence-corrected chi connectivity index (χ4v) is 3.81. The Bertz CT molecular complexity index is 958. The van der Waals surface area contributed by atoms with Crippen LogP contribution in [-0.4, -0.2) is 12.5 Å². The van der Waals surface area contributed by atoms with E-state index in [0.29, 0.717) is 38.3 Å². The van der Waals surface area contributed by atoms with Gasteiger partial charge in [-0.25, -0.2) is 8.78 Å². The van der Waals surface area contributed by atoms with Crippen LogP contribution in [0.5, 0.6) is 0 Å². The first-order valence-corrected chi connectivity index (χ1v) is 9.28. The van der Waals surface area contributed by atoms with Gasteiger partial charge in [-0.05, 0) is 53.9 Å². The second kappa shape index (κ2) is 8.16. The molecule has 3 aromatic rings. The van der Waals surface area contributed by atoms with Crippen LogP contribution in [0, 0.1) is 11.6 Å². The Morgan fingerprint density at radius 1 is 1.00 bits per heavy atom. The van der Waals surface area contributed by atoms with Gasteiger partial charge in [-0.15, -0.1) is 11.3 Å². The molecule has 0 saturated carbocycles. The molecule has 0 radical (unpaired) electrons. The third-order valence-electron chi connectivity index (χ3n) is 3.73. The van der Waals surface area contributed by atoms with E-state index in [1.807, 2.05) is 6.07 Å². The number of amides is 1. The third kappa shape index (κ3) is 4.41. The van der Waals surface area contributed by atoms with Crippen molar-refractivity contribution in [1.29, 1.82) is 0 Å². The Balaban J connectivity index is 1.62. The van der Waals surface area contributed by atoms with Crippen LogP contribution < -0.4 is 5.32 Å². The van der Waals surface area contributed by atoms with E-state index < -0.39 is 11.6 Å². The molecule has 2 aromatic carbocycles. The van der Waals surface area contributed by atoms with Crippen molar-refractivity contribution in [2.24, 2.45) is 0 Å². The van der Waals surface area contributed by atoms with Crippen molar-refractivity contribution >= 4 is 40.4 Å². The number of thiophene rings is 1. The van der Waals surface area contributed by atoms with E-state index in [9.17, 15) is 13.6 Å². The van der Waals surface area contributed by atoms with Crippen molar-refractivity contribution in [3.63, 3.8) is 0 Å². The molecule has 0 saturated heterocycles. The van der Waals surface area contributed by atoms with Crippen LogP contribution in [0.3, 0.4) is 0 Å². The summed E-state index contributed by atoms with van der Waals surface area (Å²) in [6, 6.07) is 12.3. The summed E-state index contributed by atoms with van der Waals surface area (Å²) >= 11 is 13.2. The maximum Gasteiger partial charge on any atom is 0.261 e. The molecule has 2 nitrogen and oxygen atoms in total. The van der Waals surface area contributed by atoms with E-state index in [1.54, 1.807) is 24.3 Å². The number of carbonyl (C=O) groups is 1. The van der Waals surface area contributed by atoms with E-state index in [0.717, 1.165) is 17.7 Å². The lowest BCUT2D eigenvalue weighted by molar-refractivity contribution is 0.0958. The zero-order chi connectivity index (χ0) is 18.7. The van der Waals surface area contributed by atoms with Crippen LogP contribution in [0.4, 0.5) is 8.78 Å². The highest BCUT2D eigenvalue weighted by molar-refractivity contribution is 7.17. The highest BCUT2D eigenvalue weighted by atomic mass is 35.5. The SMILES string of the molecule is O=C(NCCc1ccc(Cl)cc1Cl)c1ccc(-c2ccc(F)c(F)c2)s1. The minimum Gasteiger partial charge on any atom is -0.351 e. The van der Waals surface area contributed by atoms with Crippen molar-refractivity contribution in [1.82, 2.24) is 5.32 Å². The Morgan fingerprint density at radius 2 is 1.81 bits per heavy atom. The molecular formula is C19H13Cl2F2NOS. The van der Waals surface area contributed by atoms with Gasteiger partial charge in [0.05, 0.1) is 4.88 Å². The molecule has 3 rings (SSSR count). The smallest absolute Gasteiger partial charge is 0.261 e. The van der Waals surface area contributed by atoms with Gasteiger partial charge in [0.1, 0.15) is 0 Å². The lowest BCUT2D eigenvalue weighted by Gasteiger charge is -2.06. The van der Waals surface area contributed by atoms with Gasteiger partial charge in [-0.1, -0.05) is 35.3 Å². The van der Waals surface area contributed by atoms with Crippen molar-refractivity contribution in [3.8, 4) is 10.4 Å². The Hall–Kier alpha value is -1.95. The number of nitrogens with one attached hydrogen (secondary N) is 1. The number of benzene rings is 2. The topological polar surface area (TPSA) is 29.1 Å². The highest BCUT2D eigenvalue weighted by Crippen LogP contribution is 2.29. The molecule has 0 atom stereocenters. The summed E-state index contributed by atoms with van der Waals surface area (Å²) in [5.74, 6) is -2.04. The second-order valence-corrected chi connectivity index (χ2v) is 7.46. The number of hydrogen-bond acceptors (Lipinski definition) is 2. The van der Waals surface area contributed by atoms with Gasteiger partial charge in [0.2, 0.25) is 0 Å². The van der Waals surface area contributed by atoms with E-state index >= 15 is 0 Å². The highest BCUT2D eigenvalue weighted by Gasteiger charge is 2.12. The summed E-state index contributed by atoms with van der Waals surface area (Å²) < 4.78 is 26.4. The molecule has 1 amide bonds. The summed E-state index contributed by atoms with van der Waals surface area (Å²) in [6.07, 6.45) is 0.573. The monoisotopic (exact) mass is 411 g/mol. The first-order chi connectivity index (χ1) is 12.4. The molecule has 0 aliphatic rings. The van der Waals surface area contributed by atoms with Crippen molar-refractivity contribution in [2.45, 2.75) is 6.42 Å². The second-order valence-electron chi connectivity index (χ2n) is 5.53. The molecule has 0 aliphatic heterocycles. The maximum absolute atomic E-state index is 13.3. The molecule has 1 heterocycles. The van der Waals surface area contributed by atoms with E-state index in [2.05, 4.69) is 5.32 Å². The average Bonchev–Trinajstić information content (AvgIpc) is 3.09. The predicted octanol–water partition coefficient (Wildman–Crippen LogP) is 5.97. The van der Waals surface area contributed by atoms with Gasteiger partial charge in [-0.3, -0.25) is 4.79 Å². The number of rotatable bonds is 5. The standard InChI is InChI=1S/C19H13Cl2F2NOS/c20-13-3-1-11(14(21)10-13)7-8-24-19(25)18-6-5-17(26-18)12-2-4-15(22)16(23)9-12/h1-6,9-10H,7-8H2,(H,24,25). The van der Waals surface area contributed by atoms with Gasteiger partial charge >= 0.3 is 0 Å². The minimum atomic E-state index is -0.915. The minimum absolute atomic E-state index is 0.228. The molecule has 26 heavy (non-hydrogen) atoms. The number of hydrogen-bond donors (Lipinski definition) is 1. The molecule has 0 fully saturated rings. The van der Waals surface area contributed by atoms with Gasteiger partial charge in [0.15, 0.2) is 11.6 Å². The summed E-state index contributed by atoms with van der Waals surface area (Å²) in [6.45, 7) is 0.415. The Morgan fingerprint density at radius 3 is 2.54 bits per heavy atom. The van der Waals surface area contributed by atoms with Crippen LogP contribution in [0.2, 0.25) is 10.0 Å². The summed E-state index contributed by atoms with van der Waals surface area (Å²) in [5, 5.41) is 3.94. The summed E-state index contributed by atoms with van der Waals surface area (Å²) in [4.78, 5) is 13.4. The molecule has 0 aliphatic carbocycles. The fourth-order valence-electron chi connectivity index (χ4n) is 2.39. The van der Waals surface area contributed by atoms with E-state index in [-0.39, 0.29) is 5.91 Å². The normalized spacial score (nSPS) is 10.8. The lowest BCUT2D eigenvalue weighted by atomic mass is 10.1. The van der Waals surface area contributed by atoms with Crippen LogP contribution in [0.25, 0.3) is 10.4 Å². The molecule has 0 unspecified atom stereocenters. The lowest BCUT2D eigenvalue weighted by Crippen LogP contribution is -2.24. The maximum atomic E-state index is 13.3. The van der Waals surface area contributed by atoms with Crippen LogP contribution in [0.15, 0.2) is 48.5 Å². The first kappa shape index (κ1) is 18.8. The Kier molecular flexibility index (Phi) is 5.91. The first-order valence-electron chi connectivity index (χ1n) is 7.71. The largest absolute Gasteiger partial charge is 0.351 e. The van der Waals surface area contributed by atoms with Crippen molar-refractivity contribution in [3.05, 3.63) is 80.7 Å². The number of halogens is 4. The van der Waals surface area contributed by atoms with Gasteiger partial charge in [0.25, 0.3) is 5.91 Å². The van der Waals surface area contributed by atoms with Crippen LogP contribution in [0.1, 0.15) is 15.2 Å². The zero-order valence-electron chi connectivity index (χ0n) is 13.4. The van der Waals surface area contributed by atoms with Crippen LogP contribution in [-0.2, 0) is 6.42 Å². The fraction of sp³-hybridized carbons (Fsp3) is 0.105. The third-order valence-corrected chi connectivity index (χ3v) is 5.45. The van der Waals surface area contributed by atoms with Crippen molar-refractivity contribution in [2.75, 3.05) is 6.54 Å². The molecule has 0 bridgehead atoms. The number of carbonyl (C=O) groups excluding carboxylic acids is 1. The van der Waals surface area contributed by atoms with Gasteiger partial charge in [-0.2, -0.15) is 0 Å². The molecular weight excluding hydrogens is 399 g/mol. The van der Waals surface area contributed by atoms with E-state index in [1.165, 1.54) is 17.4 Å². The van der Waals surface area contributed by atoms with Gasteiger partial charge in [0, 0.05) is 21.5 Å². The van der Waals surface area contributed by atoms with Crippen molar-refractivity contribution < 1.29 is 13.6 Å². The predicted molar refractivity (Wildman–Crippen MR) is 102 cm³/mol. The molecule has 1 N–H and O–H groups in total. The average molecular weight is 412 g/mol. The summed E-state index contributed by atoms with van der Waals surface area (Å²) in [5.41, 5.74) is 1.42. The molecule has 134 valence electrons. The Labute approximate surface area is 163 Å².